The smallest absolute Gasteiger partial charge is 0.374 e. The molecule has 1 heterocycles. The fourth-order valence-corrected chi connectivity index (χ4v) is 0.838. The van der Waals surface area contributed by atoms with Crippen LogP contribution in [-0.4, -0.2) is 35.6 Å². The summed E-state index contributed by atoms with van der Waals surface area (Å²) in [5.41, 5.74) is 0.121. The number of hydrogen-bond acceptors (Lipinski definition) is 5. The summed E-state index contributed by atoms with van der Waals surface area (Å²) in [5.74, 6) is -1.18. The summed E-state index contributed by atoms with van der Waals surface area (Å²) in [7, 11) is 1.24. The van der Waals surface area contributed by atoms with Gasteiger partial charge in [0.25, 0.3) is 0 Å². The van der Waals surface area contributed by atoms with Crippen molar-refractivity contribution in [2.75, 3.05) is 13.7 Å². The minimum Gasteiger partial charge on any atom is -0.464 e. The quantitative estimate of drug-likeness (QED) is 0.709. The molecule has 1 N–H and O–H groups in total. The number of aromatic nitrogens is 2. The van der Waals surface area contributed by atoms with Crippen molar-refractivity contribution in [2.45, 2.75) is 6.92 Å². The van der Waals surface area contributed by atoms with E-state index in [1.807, 2.05) is 0 Å². The highest BCUT2D eigenvalue weighted by molar-refractivity contribution is 5.90. The van der Waals surface area contributed by atoms with Gasteiger partial charge in [0.1, 0.15) is 5.69 Å². The van der Waals surface area contributed by atoms with Crippen molar-refractivity contribution < 1.29 is 19.1 Å². The van der Waals surface area contributed by atoms with Crippen LogP contribution in [0.3, 0.4) is 0 Å². The molecule has 0 aliphatic rings. The van der Waals surface area contributed by atoms with E-state index in [-0.39, 0.29) is 18.1 Å². The van der Waals surface area contributed by atoms with Crippen molar-refractivity contribution in [3.63, 3.8) is 0 Å². The average molecular weight is 198 g/mol. The zero-order chi connectivity index (χ0) is 10.6. The Kier molecular flexibility index (Phi) is 3.22. The first-order valence-corrected chi connectivity index (χ1v) is 3.99. The first kappa shape index (κ1) is 10.2. The van der Waals surface area contributed by atoms with E-state index in [9.17, 15) is 9.59 Å². The number of carbonyl (C=O) groups excluding carboxylic acids is 2. The van der Waals surface area contributed by atoms with E-state index in [0.717, 1.165) is 0 Å². The molecule has 0 fully saturated rings. The second-order valence-electron chi connectivity index (χ2n) is 2.36. The summed E-state index contributed by atoms with van der Waals surface area (Å²) in [6, 6.07) is 0. The molecule has 1 rings (SSSR count). The predicted octanol–water partition coefficient (Wildman–Crippen LogP) is 0.373. The van der Waals surface area contributed by atoms with Gasteiger partial charge >= 0.3 is 11.9 Å². The minimum absolute atomic E-state index is 0.00718. The van der Waals surface area contributed by atoms with Gasteiger partial charge in [0.2, 0.25) is 5.82 Å². The van der Waals surface area contributed by atoms with Gasteiger partial charge in [0, 0.05) is 0 Å². The van der Waals surface area contributed by atoms with Crippen LogP contribution in [0.5, 0.6) is 0 Å². The van der Waals surface area contributed by atoms with Gasteiger partial charge in [-0.05, 0) is 6.92 Å². The molecule has 0 spiro atoms. The first-order valence-electron chi connectivity index (χ1n) is 3.99. The van der Waals surface area contributed by atoms with E-state index in [1.54, 1.807) is 6.92 Å². The molecule has 1 aromatic heterocycles. The number of carbonyl (C=O) groups is 2. The van der Waals surface area contributed by atoms with Gasteiger partial charge in [-0.3, -0.25) is 0 Å². The third kappa shape index (κ3) is 2.09. The van der Waals surface area contributed by atoms with Crippen molar-refractivity contribution in [3.05, 3.63) is 17.7 Å². The third-order valence-corrected chi connectivity index (χ3v) is 1.45. The molecule has 0 aromatic carbocycles. The summed E-state index contributed by atoms with van der Waals surface area (Å²) in [5, 5.41) is 0. The molecule has 0 aliphatic carbocycles. The number of hydrogen-bond donors (Lipinski definition) is 1. The van der Waals surface area contributed by atoms with Crippen molar-refractivity contribution in [3.8, 4) is 0 Å². The molecule has 0 radical (unpaired) electrons. The average Bonchev–Trinajstić information content (AvgIpc) is 2.66. The van der Waals surface area contributed by atoms with Crippen LogP contribution in [0.25, 0.3) is 0 Å². The summed E-state index contributed by atoms with van der Waals surface area (Å²) in [6.45, 7) is 1.94. The van der Waals surface area contributed by atoms with Crippen LogP contribution in [0.2, 0.25) is 0 Å². The number of aromatic amines is 1. The molecule has 0 unspecified atom stereocenters. The predicted molar refractivity (Wildman–Crippen MR) is 45.9 cm³/mol. The molecule has 0 atom stereocenters. The lowest BCUT2D eigenvalue weighted by atomic mass is 10.5. The van der Waals surface area contributed by atoms with Gasteiger partial charge in [-0.1, -0.05) is 0 Å². The number of H-pyrrole nitrogens is 1. The molecule has 0 saturated carbocycles. The van der Waals surface area contributed by atoms with Gasteiger partial charge < -0.3 is 14.5 Å². The van der Waals surface area contributed by atoms with Gasteiger partial charge in [-0.2, -0.15) is 0 Å². The summed E-state index contributed by atoms with van der Waals surface area (Å²) >= 11 is 0. The van der Waals surface area contributed by atoms with Gasteiger partial charge in [-0.15, -0.1) is 0 Å². The van der Waals surface area contributed by atoms with Crippen molar-refractivity contribution in [1.82, 2.24) is 9.97 Å². The Bertz CT molecular complexity index is 345. The second-order valence-corrected chi connectivity index (χ2v) is 2.36. The highest BCUT2D eigenvalue weighted by Gasteiger charge is 2.14. The summed E-state index contributed by atoms with van der Waals surface area (Å²) in [6.07, 6.45) is 1.22. The summed E-state index contributed by atoms with van der Waals surface area (Å²) in [4.78, 5) is 28.2. The highest BCUT2D eigenvalue weighted by atomic mass is 16.5. The maximum atomic E-state index is 11.1. The lowest BCUT2D eigenvalue weighted by Crippen LogP contribution is -2.08. The third-order valence-electron chi connectivity index (χ3n) is 1.45. The molecule has 0 bridgehead atoms. The lowest BCUT2D eigenvalue weighted by molar-refractivity contribution is 0.0513. The number of nitrogens with zero attached hydrogens (tertiary/aromatic N) is 1. The fraction of sp³-hybridized carbons (Fsp3) is 0.375. The van der Waals surface area contributed by atoms with Crippen LogP contribution in [0.4, 0.5) is 0 Å². The van der Waals surface area contributed by atoms with Crippen molar-refractivity contribution >= 4 is 11.9 Å². The Hall–Kier alpha value is -1.85. The molecular formula is C8H10N2O4. The van der Waals surface area contributed by atoms with E-state index < -0.39 is 11.9 Å². The van der Waals surface area contributed by atoms with E-state index in [1.165, 1.54) is 13.3 Å². The molecule has 0 aliphatic heterocycles. The standard InChI is InChI=1S/C8H10N2O4/c1-3-14-8(12)6-9-4-5(10-6)7(11)13-2/h4H,3H2,1-2H3,(H,9,10). The largest absolute Gasteiger partial charge is 0.464 e. The summed E-state index contributed by atoms with van der Waals surface area (Å²) < 4.78 is 9.10. The number of ether oxygens (including phenoxy) is 2. The molecule has 1 aromatic rings. The molecule has 0 saturated heterocycles. The topological polar surface area (TPSA) is 81.3 Å². The van der Waals surface area contributed by atoms with Crippen LogP contribution in [0.1, 0.15) is 28.0 Å². The highest BCUT2D eigenvalue weighted by Crippen LogP contribution is 2.00. The Labute approximate surface area is 80.2 Å². The molecule has 0 amide bonds. The van der Waals surface area contributed by atoms with Crippen LogP contribution in [0.15, 0.2) is 6.20 Å². The van der Waals surface area contributed by atoms with E-state index >= 15 is 0 Å². The number of rotatable bonds is 3. The Morgan fingerprint density at radius 3 is 2.79 bits per heavy atom. The molecule has 76 valence electrons. The Balaban J connectivity index is 2.77. The zero-order valence-electron chi connectivity index (χ0n) is 7.86. The Morgan fingerprint density at radius 1 is 1.50 bits per heavy atom. The van der Waals surface area contributed by atoms with E-state index in [4.69, 9.17) is 0 Å². The van der Waals surface area contributed by atoms with Gasteiger partial charge in [0.05, 0.1) is 19.9 Å². The normalized spacial score (nSPS) is 9.57. The number of imidazole rings is 1. The SMILES string of the molecule is CCOC(=O)c1ncc(C(=O)OC)[nH]1. The molecule has 6 heteroatoms. The van der Waals surface area contributed by atoms with Crippen LogP contribution >= 0.6 is 0 Å². The maximum absolute atomic E-state index is 11.1. The van der Waals surface area contributed by atoms with Crippen LogP contribution in [-0.2, 0) is 9.47 Å². The van der Waals surface area contributed by atoms with E-state index in [2.05, 4.69) is 19.4 Å². The first-order chi connectivity index (χ1) is 6.69. The molecule has 14 heavy (non-hydrogen) atoms. The maximum Gasteiger partial charge on any atom is 0.374 e. The van der Waals surface area contributed by atoms with Gasteiger partial charge in [-0.25, -0.2) is 14.6 Å². The number of esters is 2. The number of nitrogens with one attached hydrogen (secondary N) is 1. The fourth-order valence-electron chi connectivity index (χ4n) is 0.838. The lowest BCUT2D eigenvalue weighted by Gasteiger charge is -1.96. The van der Waals surface area contributed by atoms with Crippen molar-refractivity contribution in [1.29, 1.82) is 0 Å². The zero-order valence-corrected chi connectivity index (χ0v) is 7.86. The van der Waals surface area contributed by atoms with E-state index in [0.29, 0.717) is 0 Å². The monoisotopic (exact) mass is 198 g/mol. The van der Waals surface area contributed by atoms with Crippen LogP contribution in [0, 0.1) is 0 Å². The second kappa shape index (κ2) is 4.40. The van der Waals surface area contributed by atoms with Crippen molar-refractivity contribution in [2.24, 2.45) is 0 Å². The molecular weight excluding hydrogens is 188 g/mol. The number of methoxy groups -OCH3 is 1. The van der Waals surface area contributed by atoms with Crippen LogP contribution < -0.4 is 0 Å². The Morgan fingerprint density at radius 2 is 2.21 bits per heavy atom. The molecule has 6 nitrogen and oxygen atoms in total. The van der Waals surface area contributed by atoms with Gasteiger partial charge in [0.15, 0.2) is 0 Å². The minimum atomic E-state index is -0.595.